The van der Waals surface area contributed by atoms with Gasteiger partial charge >= 0.3 is 0 Å². The van der Waals surface area contributed by atoms with Gasteiger partial charge in [-0.2, -0.15) is 0 Å². The zero-order valence-electron chi connectivity index (χ0n) is 9.62. The molecule has 0 saturated heterocycles. The number of halogens is 2. The standard InChI is InChI=1S/C11H9F2N5O/c12-8(13)5-18-7-4-2-1-3-6(7)15-11(18)9-10(14)17-19-16-9/h1-4,8H,5H2,(H2,14,17). The Bertz CT molecular complexity index is 721. The van der Waals surface area contributed by atoms with E-state index >= 15 is 0 Å². The van der Waals surface area contributed by atoms with Gasteiger partial charge in [0.1, 0.15) is 0 Å². The van der Waals surface area contributed by atoms with Crippen LogP contribution >= 0.6 is 0 Å². The minimum Gasteiger partial charge on any atom is -0.379 e. The average molecular weight is 265 g/mol. The molecule has 0 saturated carbocycles. The largest absolute Gasteiger partial charge is 0.379 e. The maximum Gasteiger partial charge on any atom is 0.256 e. The maximum absolute atomic E-state index is 12.7. The van der Waals surface area contributed by atoms with Gasteiger partial charge in [-0.15, -0.1) is 0 Å². The first-order chi connectivity index (χ1) is 9.16. The van der Waals surface area contributed by atoms with Crippen LogP contribution in [0.25, 0.3) is 22.6 Å². The van der Waals surface area contributed by atoms with E-state index in [9.17, 15) is 8.78 Å². The number of nitrogens with zero attached hydrogens (tertiary/aromatic N) is 4. The normalized spacial score (nSPS) is 11.5. The zero-order valence-corrected chi connectivity index (χ0v) is 9.62. The van der Waals surface area contributed by atoms with Gasteiger partial charge in [0.2, 0.25) is 0 Å². The van der Waals surface area contributed by atoms with Gasteiger partial charge < -0.3 is 10.3 Å². The number of aromatic nitrogens is 4. The molecule has 98 valence electrons. The summed E-state index contributed by atoms with van der Waals surface area (Å²) in [6.07, 6.45) is -2.52. The monoisotopic (exact) mass is 265 g/mol. The molecule has 2 aromatic heterocycles. The highest BCUT2D eigenvalue weighted by Gasteiger charge is 2.20. The van der Waals surface area contributed by atoms with Gasteiger partial charge in [-0.3, -0.25) is 0 Å². The predicted octanol–water partition coefficient (Wildman–Crippen LogP) is 1.93. The molecule has 8 heteroatoms. The Labute approximate surface area is 105 Å². The van der Waals surface area contributed by atoms with Crippen LogP contribution < -0.4 is 5.73 Å². The van der Waals surface area contributed by atoms with Crippen LogP contribution in [-0.2, 0) is 6.54 Å². The number of nitrogens with two attached hydrogens (primary N) is 1. The van der Waals surface area contributed by atoms with Crippen molar-refractivity contribution in [2.24, 2.45) is 0 Å². The lowest BCUT2D eigenvalue weighted by Gasteiger charge is -2.06. The molecule has 0 aliphatic heterocycles. The molecule has 2 N–H and O–H groups in total. The molecular formula is C11H9F2N5O. The van der Waals surface area contributed by atoms with Crippen molar-refractivity contribution in [3.63, 3.8) is 0 Å². The zero-order chi connectivity index (χ0) is 13.4. The number of imidazole rings is 1. The van der Waals surface area contributed by atoms with Crippen LogP contribution in [0.5, 0.6) is 0 Å². The second-order valence-corrected chi connectivity index (χ2v) is 3.92. The number of hydrogen-bond donors (Lipinski definition) is 1. The Balaban J connectivity index is 2.26. The quantitative estimate of drug-likeness (QED) is 0.782. The number of benzene rings is 1. The molecule has 3 aromatic rings. The molecule has 0 atom stereocenters. The van der Waals surface area contributed by atoms with Crippen molar-refractivity contribution in [1.82, 2.24) is 19.9 Å². The summed E-state index contributed by atoms with van der Waals surface area (Å²) in [7, 11) is 0. The molecule has 0 aliphatic carbocycles. The molecule has 0 amide bonds. The van der Waals surface area contributed by atoms with Crippen molar-refractivity contribution in [3.8, 4) is 11.5 Å². The Hall–Kier alpha value is -2.51. The number of fused-ring (bicyclic) bond motifs is 1. The number of anilines is 1. The number of rotatable bonds is 3. The number of alkyl halides is 2. The SMILES string of the molecule is Nc1nonc1-c1nc2ccccc2n1CC(F)F. The minimum atomic E-state index is -2.52. The third-order valence-corrected chi connectivity index (χ3v) is 2.70. The Morgan fingerprint density at radius 3 is 2.74 bits per heavy atom. The first kappa shape index (κ1) is 11.6. The molecule has 2 heterocycles. The summed E-state index contributed by atoms with van der Waals surface area (Å²) < 4.78 is 31.3. The van der Waals surface area contributed by atoms with Crippen molar-refractivity contribution < 1.29 is 13.4 Å². The van der Waals surface area contributed by atoms with E-state index < -0.39 is 13.0 Å². The fraction of sp³-hybridized carbons (Fsp3) is 0.182. The second kappa shape index (κ2) is 4.30. The van der Waals surface area contributed by atoms with E-state index in [4.69, 9.17) is 5.73 Å². The number of nitrogen functional groups attached to an aromatic ring is 1. The Morgan fingerprint density at radius 2 is 2.05 bits per heavy atom. The van der Waals surface area contributed by atoms with E-state index in [1.807, 2.05) is 0 Å². The first-order valence-electron chi connectivity index (χ1n) is 5.48. The van der Waals surface area contributed by atoms with Crippen molar-refractivity contribution in [3.05, 3.63) is 24.3 Å². The summed E-state index contributed by atoms with van der Waals surface area (Å²) in [6.45, 7) is -0.498. The van der Waals surface area contributed by atoms with E-state index in [0.29, 0.717) is 11.0 Å². The minimum absolute atomic E-state index is 0.0193. The van der Waals surface area contributed by atoms with Crippen LogP contribution in [0, 0.1) is 0 Å². The first-order valence-corrected chi connectivity index (χ1v) is 5.48. The lowest BCUT2D eigenvalue weighted by Crippen LogP contribution is -2.08. The van der Waals surface area contributed by atoms with Crippen LogP contribution in [0.1, 0.15) is 0 Å². The third-order valence-electron chi connectivity index (χ3n) is 2.70. The number of hydrogen-bond acceptors (Lipinski definition) is 5. The van der Waals surface area contributed by atoms with Gasteiger partial charge in [0.15, 0.2) is 17.3 Å². The molecule has 0 spiro atoms. The van der Waals surface area contributed by atoms with Crippen molar-refractivity contribution >= 4 is 16.9 Å². The molecule has 0 fully saturated rings. The summed E-state index contributed by atoms with van der Waals surface area (Å²) in [5.41, 5.74) is 6.92. The lowest BCUT2D eigenvalue weighted by atomic mass is 10.3. The predicted molar refractivity (Wildman–Crippen MR) is 63.4 cm³/mol. The maximum atomic E-state index is 12.7. The van der Waals surface area contributed by atoms with Gasteiger partial charge in [-0.05, 0) is 22.4 Å². The average Bonchev–Trinajstić information content (AvgIpc) is 2.93. The summed E-state index contributed by atoms with van der Waals surface area (Å²) in [5, 5.41) is 7.04. The highest BCUT2D eigenvalue weighted by molar-refractivity contribution is 5.81. The molecule has 3 rings (SSSR count). The van der Waals surface area contributed by atoms with Gasteiger partial charge in [0.25, 0.3) is 6.43 Å². The fourth-order valence-electron chi connectivity index (χ4n) is 1.93. The summed E-state index contributed by atoms with van der Waals surface area (Å²) in [6, 6.07) is 6.96. The van der Waals surface area contributed by atoms with E-state index in [2.05, 4.69) is 19.9 Å². The summed E-state index contributed by atoms with van der Waals surface area (Å²) >= 11 is 0. The smallest absolute Gasteiger partial charge is 0.256 e. The molecule has 0 unspecified atom stereocenters. The van der Waals surface area contributed by atoms with E-state index in [0.717, 1.165) is 0 Å². The molecule has 19 heavy (non-hydrogen) atoms. The molecule has 0 radical (unpaired) electrons. The topological polar surface area (TPSA) is 82.8 Å². The number of para-hydroxylation sites is 2. The van der Waals surface area contributed by atoms with E-state index in [1.165, 1.54) is 4.57 Å². The van der Waals surface area contributed by atoms with Gasteiger partial charge in [0.05, 0.1) is 17.6 Å². The van der Waals surface area contributed by atoms with Crippen LogP contribution in [-0.4, -0.2) is 26.3 Å². The molecule has 1 aromatic carbocycles. The van der Waals surface area contributed by atoms with Crippen molar-refractivity contribution in [2.45, 2.75) is 13.0 Å². The highest BCUT2D eigenvalue weighted by Crippen LogP contribution is 2.27. The van der Waals surface area contributed by atoms with Gasteiger partial charge in [-0.1, -0.05) is 12.1 Å². The molecule has 6 nitrogen and oxygen atoms in total. The van der Waals surface area contributed by atoms with Gasteiger partial charge in [-0.25, -0.2) is 18.4 Å². The van der Waals surface area contributed by atoms with Crippen LogP contribution in [0.4, 0.5) is 14.6 Å². The lowest BCUT2D eigenvalue weighted by molar-refractivity contribution is 0.128. The van der Waals surface area contributed by atoms with E-state index in [1.54, 1.807) is 24.3 Å². The van der Waals surface area contributed by atoms with E-state index in [-0.39, 0.29) is 17.3 Å². The van der Waals surface area contributed by atoms with Crippen LogP contribution in [0.3, 0.4) is 0 Å². The van der Waals surface area contributed by atoms with Crippen molar-refractivity contribution in [1.29, 1.82) is 0 Å². The van der Waals surface area contributed by atoms with Crippen LogP contribution in [0.2, 0.25) is 0 Å². The van der Waals surface area contributed by atoms with Crippen LogP contribution in [0.15, 0.2) is 28.9 Å². The fourth-order valence-corrected chi connectivity index (χ4v) is 1.93. The Kier molecular flexibility index (Phi) is 2.62. The summed E-state index contributed by atoms with van der Waals surface area (Å²) in [5.74, 6) is 0.242. The molecular weight excluding hydrogens is 256 g/mol. The highest BCUT2D eigenvalue weighted by atomic mass is 19.3. The molecule has 0 bridgehead atoms. The molecule has 0 aliphatic rings. The summed E-state index contributed by atoms with van der Waals surface area (Å²) in [4.78, 5) is 4.26. The van der Waals surface area contributed by atoms with Gasteiger partial charge in [0, 0.05) is 0 Å². The van der Waals surface area contributed by atoms with Crippen molar-refractivity contribution in [2.75, 3.05) is 5.73 Å². The second-order valence-electron chi connectivity index (χ2n) is 3.92. The third kappa shape index (κ3) is 1.90. The Morgan fingerprint density at radius 1 is 1.26 bits per heavy atom.